The SMILES string of the molecule is Cc1c(C(=O)NCc2cncs2)ccc2c1NC(=O)c1ccccc1S2. The van der Waals surface area contributed by atoms with Crippen LogP contribution in [0.5, 0.6) is 0 Å². The molecule has 2 heterocycles. The Bertz CT molecular complexity index is 1000. The topological polar surface area (TPSA) is 71.1 Å². The van der Waals surface area contributed by atoms with E-state index in [1.807, 2.05) is 43.3 Å². The van der Waals surface area contributed by atoms with E-state index in [4.69, 9.17) is 0 Å². The van der Waals surface area contributed by atoms with Crippen LogP contribution < -0.4 is 10.6 Å². The van der Waals surface area contributed by atoms with E-state index in [0.29, 0.717) is 23.4 Å². The summed E-state index contributed by atoms with van der Waals surface area (Å²) in [6, 6.07) is 11.2. The molecular formula is C19H15N3O2S2. The molecule has 7 heteroatoms. The Morgan fingerprint density at radius 1 is 1.19 bits per heavy atom. The highest BCUT2D eigenvalue weighted by Gasteiger charge is 2.23. The van der Waals surface area contributed by atoms with Gasteiger partial charge < -0.3 is 10.6 Å². The summed E-state index contributed by atoms with van der Waals surface area (Å²) in [6.45, 7) is 2.30. The Morgan fingerprint density at radius 2 is 2.04 bits per heavy atom. The lowest BCUT2D eigenvalue weighted by molar-refractivity contribution is 0.0949. The van der Waals surface area contributed by atoms with E-state index in [2.05, 4.69) is 15.6 Å². The maximum atomic E-state index is 12.6. The standard InChI is InChI=1S/C19H15N3O2S2/c1-11-13(18(23)21-9-12-8-20-10-25-12)6-7-16-17(11)22-19(24)14-4-2-3-5-15(14)26-16/h2-8,10H,9H2,1H3,(H,21,23)(H,22,24). The van der Waals surface area contributed by atoms with Crippen molar-refractivity contribution in [1.29, 1.82) is 0 Å². The second kappa shape index (κ2) is 6.93. The number of amides is 2. The minimum Gasteiger partial charge on any atom is -0.347 e. The Kier molecular flexibility index (Phi) is 4.48. The zero-order chi connectivity index (χ0) is 18.1. The molecular weight excluding hydrogens is 366 g/mol. The summed E-state index contributed by atoms with van der Waals surface area (Å²) in [5.41, 5.74) is 4.39. The van der Waals surface area contributed by atoms with Gasteiger partial charge in [-0.3, -0.25) is 14.6 Å². The third-order valence-corrected chi connectivity index (χ3v) is 6.08. The first-order valence-corrected chi connectivity index (χ1v) is 9.70. The summed E-state index contributed by atoms with van der Waals surface area (Å²) in [6.07, 6.45) is 1.74. The van der Waals surface area contributed by atoms with Crippen molar-refractivity contribution in [3.05, 3.63) is 69.7 Å². The zero-order valence-corrected chi connectivity index (χ0v) is 15.5. The fourth-order valence-corrected chi connectivity index (χ4v) is 4.44. The van der Waals surface area contributed by atoms with Gasteiger partial charge in [-0.1, -0.05) is 23.9 Å². The predicted octanol–water partition coefficient (Wildman–Crippen LogP) is 4.10. The van der Waals surface area contributed by atoms with E-state index in [-0.39, 0.29) is 11.8 Å². The van der Waals surface area contributed by atoms with Crippen LogP contribution in [0.4, 0.5) is 5.69 Å². The molecule has 4 rings (SSSR count). The third-order valence-electron chi connectivity index (χ3n) is 4.17. The van der Waals surface area contributed by atoms with Gasteiger partial charge >= 0.3 is 0 Å². The maximum absolute atomic E-state index is 12.6. The summed E-state index contributed by atoms with van der Waals surface area (Å²) in [5.74, 6) is -0.322. The highest BCUT2D eigenvalue weighted by Crippen LogP contribution is 2.41. The number of anilines is 1. The number of benzene rings is 2. The summed E-state index contributed by atoms with van der Waals surface area (Å²) in [5, 5.41) is 5.87. The fourth-order valence-electron chi connectivity index (χ4n) is 2.81. The molecule has 0 aliphatic carbocycles. The first kappa shape index (κ1) is 16.8. The van der Waals surface area contributed by atoms with Crippen LogP contribution in [0, 0.1) is 6.92 Å². The maximum Gasteiger partial charge on any atom is 0.256 e. The highest BCUT2D eigenvalue weighted by atomic mass is 32.2. The van der Waals surface area contributed by atoms with Crippen LogP contribution >= 0.6 is 23.1 Å². The smallest absolute Gasteiger partial charge is 0.256 e. The fraction of sp³-hybridized carbons (Fsp3) is 0.105. The van der Waals surface area contributed by atoms with Crippen molar-refractivity contribution in [3.8, 4) is 0 Å². The quantitative estimate of drug-likeness (QED) is 0.717. The molecule has 0 saturated carbocycles. The number of carbonyl (C=O) groups is 2. The molecule has 130 valence electrons. The van der Waals surface area contributed by atoms with Gasteiger partial charge in [-0.05, 0) is 36.8 Å². The molecule has 1 aliphatic heterocycles. The van der Waals surface area contributed by atoms with Crippen LogP contribution in [0.15, 0.2) is 57.9 Å². The summed E-state index contributed by atoms with van der Waals surface area (Å²) in [4.78, 5) is 32.0. The largest absolute Gasteiger partial charge is 0.347 e. The van der Waals surface area contributed by atoms with E-state index < -0.39 is 0 Å². The van der Waals surface area contributed by atoms with Crippen LogP contribution in [0.25, 0.3) is 0 Å². The molecule has 0 radical (unpaired) electrons. The zero-order valence-electron chi connectivity index (χ0n) is 13.9. The molecule has 0 unspecified atom stereocenters. The molecule has 0 spiro atoms. The van der Waals surface area contributed by atoms with Crippen molar-refractivity contribution in [2.24, 2.45) is 0 Å². The number of rotatable bonds is 3. The van der Waals surface area contributed by atoms with Crippen LogP contribution in [0.3, 0.4) is 0 Å². The van der Waals surface area contributed by atoms with Gasteiger partial charge in [-0.2, -0.15) is 0 Å². The van der Waals surface area contributed by atoms with E-state index in [1.165, 1.54) is 23.1 Å². The van der Waals surface area contributed by atoms with Gasteiger partial charge in [0.15, 0.2) is 0 Å². The van der Waals surface area contributed by atoms with Gasteiger partial charge in [-0.15, -0.1) is 11.3 Å². The van der Waals surface area contributed by atoms with Crippen LogP contribution in [0.2, 0.25) is 0 Å². The summed E-state index contributed by atoms with van der Waals surface area (Å²) in [7, 11) is 0. The normalized spacial score (nSPS) is 12.6. The van der Waals surface area contributed by atoms with E-state index in [0.717, 1.165) is 20.2 Å². The third kappa shape index (κ3) is 3.11. The molecule has 1 aliphatic rings. The lowest BCUT2D eigenvalue weighted by atomic mass is 10.1. The Balaban J connectivity index is 1.64. The molecule has 2 amide bonds. The molecule has 0 fully saturated rings. The Labute approximate surface area is 158 Å². The average Bonchev–Trinajstić information content (AvgIpc) is 3.11. The minimum atomic E-state index is -0.167. The molecule has 3 aromatic rings. The second-order valence-electron chi connectivity index (χ2n) is 5.81. The molecule has 0 atom stereocenters. The molecule has 26 heavy (non-hydrogen) atoms. The molecule has 5 nitrogen and oxygen atoms in total. The van der Waals surface area contributed by atoms with Crippen LogP contribution in [0.1, 0.15) is 31.2 Å². The monoisotopic (exact) mass is 381 g/mol. The van der Waals surface area contributed by atoms with Crippen molar-refractivity contribution in [3.63, 3.8) is 0 Å². The number of aromatic nitrogens is 1. The minimum absolute atomic E-state index is 0.155. The number of nitrogens with zero attached hydrogens (tertiary/aromatic N) is 1. The van der Waals surface area contributed by atoms with Crippen molar-refractivity contribution in [2.45, 2.75) is 23.3 Å². The number of nitrogens with one attached hydrogen (secondary N) is 2. The van der Waals surface area contributed by atoms with Gasteiger partial charge in [0.05, 0.1) is 23.3 Å². The lowest BCUT2D eigenvalue weighted by Crippen LogP contribution is -2.24. The van der Waals surface area contributed by atoms with Crippen molar-refractivity contribution < 1.29 is 9.59 Å². The summed E-state index contributed by atoms with van der Waals surface area (Å²) < 4.78 is 0. The lowest BCUT2D eigenvalue weighted by Gasteiger charge is -2.14. The molecule has 1 aromatic heterocycles. The predicted molar refractivity (Wildman–Crippen MR) is 103 cm³/mol. The highest BCUT2D eigenvalue weighted by molar-refractivity contribution is 7.99. The summed E-state index contributed by atoms with van der Waals surface area (Å²) >= 11 is 3.03. The van der Waals surface area contributed by atoms with Crippen molar-refractivity contribution in [2.75, 3.05) is 5.32 Å². The average molecular weight is 381 g/mol. The van der Waals surface area contributed by atoms with Crippen molar-refractivity contribution >= 4 is 40.6 Å². The van der Waals surface area contributed by atoms with E-state index in [9.17, 15) is 9.59 Å². The second-order valence-corrected chi connectivity index (χ2v) is 7.87. The van der Waals surface area contributed by atoms with Crippen LogP contribution in [-0.4, -0.2) is 16.8 Å². The van der Waals surface area contributed by atoms with Crippen molar-refractivity contribution in [1.82, 2.24) is 10.3 Å². The van der Waals surface area contributed by atoms with Gasteiger partial charge in [0.1, 0.15) is 0 Å². The number of fused-ring (bicyclic) bond motifs is 2. The molecule has 0 bridgehead atoms. The number of hydrogen-bond donors (Lipinski definition) is 2. The van der Waals surface area contributed by atoms with Crippen LogP contribution in [-0.2, 0) is 6.54 Å². The van der Waals surface area contributed by atoms with Gasteiger partial charge in [0.2, 0.25) is 0 Å². The number of hydrogen-bond acceptors (Lipinski definition) is 5. The number of thiazole rings is 1. The van der Waals surface area contributed by atoms with E-state index >= 15 is 0 Å². The Morgan fingerprint density at radius 3 is 2.85 bits per heavy atom. The first-order valence-electron chi connectivity index (χ1n) is 8.01. The van der Waals surface area contributed by atoms with E-state index in [1.54, 1.807) is 11.7 Å². The van der Waals surface area contributed by atoms with Gasteiger partial charge in [-0.25, -0.2) is 0 Å². The number of carbonyl (C=O) groups excluding carboxylic acids is 2. The Hall–Kier alpha value is -2.64. The molecule has 2 aromatic carbocycles. The molecule has 2 N–H and O–H groups in total. The molecule has 0 saturated heterocycles. The first-order chi connectivity index (χ1) is 12.6. The van der Waals surface area contributed by atoms with Gasteiger partial charge in [0.25, 0.3) is 11.8 Å². The van der Waals surface area contributed by atoms with Gasteiger partial charge in [0, 0.05) is 26.4 Å².